The van der Waals surface area contributed by atoms with E-state index < -0.39 is 0 Å². The van der Waals surface area contributed by atoms with Gasteiger partial charge in [-0.15, -0.1) is 24.0 Å². The lowest BCUT2D eigenvalue weighted by Gasteiger charge is -2.35. The largest absolute Gasteiger partial charge is 0.376 e. The zero-order valence-electron chi connectivity index (χ0n) is 17.9. The highest BCUT2D eigenvalue weighted by molar-refractivity contribution is 14.0. The third-order valence-electron chi connectivity index (χ3n) is 5.89. The number of amides is 1. The lowest BCUT2D eigenvalue weighted by Crippen LogP contribution is -2.47. The number of carbonyl (C=O) groups excluding carboxylic acids is 1. The Morgan fingerprint density at radius 2 is 2.03 bits per heavy atom. The molecule has 1 unspecified atom stereocenters. The number of halogens is 1. The van der Waals surface area contributed by atoms with Gasteiger partial charge in [0.05, 0.1) is 18.8 Å². The molecule has 0 radical (unpaired) electrons. The zero-order chi connectivity index (χ0) is 19.6. The summed E-state index contributed by atoms with van der Waals surface area (Å²) in [6.45, 7) is 9.09. The molecule has 0 bridgehead atoms. The van der Waals surface area contributed by atoms with E-state index in [4.69, 9.17) is 14.5 Å². The number of guanidine groups is 1. The molecule has 0 aromatic heterocycles. The van der Waals surface area contributed by atoms with Crippen LogP contribution >= 0.6 is 24.0 Å². The van der Waals surface area contributed by atoms with Gasteiger partial charge in [0.15, 0.2) is 5.96 Å². The van der Waals surface area contributed by atoms with E-state index in [0.717, 1.165) is 97.0 Å². The van der Waals surface area contributed by atoms with Crippen molar-refractivity contribution in [3.8, 4) is 0 Å². The number of hydrogen-bond donors (Lipinski definition) is 1. The Kier molecular flexibility index (Phi) is 11.6. The van der Waals surface area contributed by atoms with E-state index >= 15 is 0 Å². The maximum absolute atomic E-state index is 11.7. The molecule has 0 aliphatic carbocycles. The first-order valence-electron chi connectivity index (χ1n) is 11.3. The van der Waals surface area contributed by atoms with Gasteiger partial charge in [0.1, 0.15) is 0 Å². The Morgan fingerprint density at radius 1 is 1.21 bits per heavy atom. The van der Waals surface area contributed by atoms with Gasteiger partial charge in [-0.05, 0) is 51.9 Å². The fourth-order valence-electron chi connectivity index (χ4n) is 4.23. The van der Waals surface area contributed by atoms with Crippen molar-refractivity contribution >= 4 is 35.8 Å². The van der Waals surface area contributed by atoms with Crippen LogP contribution in [0.5, 0.6) is 0 Å². The minimum atomic E-state index is 0. The summed E-state index contributed by atoms with van der Waals surface area (Å²) < 4.78 is 11.9. The second-order valence-corrected chi connectivity index (χ2v) is 8.08. The molecule has 3 rings (SSSR count). The monoisotopic (exact) mass is 522 g/mol. The number of aliphatic imine (C=N–C) groups is 1. The summed E-state index contributed by atoms with van der Waals surface area (Å²) in [6, 6.07) is 0. The molecule has 3 heterocycles. The van der Waals surface area contributed by atoms with E-state index in [0.29, 0.717) is 18.1 Å². The summed E-state index contributed by atoms with van der Waals surface area (Å²) in [4.78, 5) is 20.8. The molecule has 0 spiro atoms. The smallest absolute Gasteiger partial charge is 0.222 e. The molecule has 29 heavy (non-hydrogen) atoms. The van der Waals surface area contributed by atoms with Crippen LogP contribution in [-0.4, -0.2) is 86.4 Å². The molecule has 1 N–H and O–H groups in total. The van der Waals surface area contributed by atoms with Gasteiger partial charge in [0.2, 0.25) is 5.91 Å². The van der Waals surface area contributed by atoms with Gasteiger partial charge in [-0.3, -0.25) is 9.79 Å². The molecule has 3 fully saturated rings. The van der Waals surface area contributed by atoms with E-state index in [1.54, 1.807) is 0 Å². The van der Waals surface area contributed by atoms with E-state index in [9.17, 15) is 4.79 Å². The molecule has 3 aliphatic heterocycles. The lowest BCUT2D eigenvalue weighted by molar-refractivity contribution is -0.127. The van der Waals surface area contributed by atoms with Crippen LogP contribution in [0.15, 0.2) is 4.99 Å². The molecular weight excluding hydrogens is 483 g/mol. The SMILES string of the molecule is CCNC(=NCCCN1CCCC1=O)N1CCC(OCC2CCCCO2)CC1.I. The Labute approximate surface area is 193 Å². The zero-order valence-corrected chi connectivity index (χ0v) is 20.3. The molecule has 3 saturated heterocycles. The topological polar surface area (TPSA) is 66.4 Å². The molecule has 3 aliphatic rings. The van der Waals surface area contributed by atoms with Gasteiger partial charge in [-0.25, -0.2) is 0 Å². The second-order valence-electron chi connectivity index (χ2n) is 8.08. The fraction of sp³-hybridized carbons (Fsp3) is 0.905. The van der Waals surface area contributed by atoms with Crippen LogP contribution in [0.1, 0.15) is 58.3 Å². The standard InChI is InChI=1S/C21H38N4O3.HI/c1-2-22-21(23-11-6-13-24-12-5-8-20(24)26)25-14-9-18(10-15-25)28-17-19-7-3-4-16-27-19;/h18-19H,2-17H2,1H3,(H,22,23);1H. The first-order chi connectivity index (χ1) is 13.8. The first-order valence-corrected chi connectivity index (χ1v) is 11.3. The van der Waals surface area contributed by atoms with Crippen LogP contribution in [0.25, 0.3) is 0 Å². The molecule has 7 nitrogen and oxygen atoms in total. The van der Waals surface area contributed by atoms with Gasteiger partial charge in [0.25, 0.3) is 0 Å². The van der Waals surface area contributed by atoms with E-state index in [-0.39, 0.29) is 24.0 Å². The van der Waals surface area contributed by atoms with Crippen molar-refractivity contribution in [2.75, 3.05) is 52.5 Å². The number of carbonyl (C=O) groups is 1. The van der Waals surface area contributed by atoms with E-state index in [1.807, 2.05) is 4.90 Å². The van der Waals surface area contributed by atoms with E-state index in [2.05, 4.69) is 17.1 Å². The van der Waals surface area contributed by atoms with Crippen molar-refractivity contribution in [3.63, 3.8) is 0 Å². The number of rotatable bonds is 8. The molecular formula is C21H39IN4O3. The highest BCUT2D eigenvalue weighted by atomic mass is 127. The quantitative estimate of drug-likeness (QED) is 0.230. The predicted octanol–water partition coefficient (Wildman–Crippen LogP) is 2.63. The van der Waals surface area contributed by atoms with Crippen molar-refractivity contribution in [1.29, 1.82) is 0 Å². The molecule has 0 aromatic rings. The van der Waals surface area contributed by atoms with Gasteiger partial charge in [-0.2, -0.15) is 0 Å². The van der Waals surface area contributed by atoms with Gasteiger partial charge in [-0.1, -0.05) is 0 Å². The first kappa shape index (κ1) is 24.7. The minimum absolute atomic E-state index is 0. The minimum Gasteiger partial charge on any atom is -0.376 e. The highest BCUT2D eigenvalue weighted by Gasteiger charge is 2.24. The molecule has 168 valence electrons. The van der Waals surface area contributed by atoms with E-state index in [1.165, 1.54) is 12.8 Å². The average molecular weight is 522 g/mol. The molecule has 1 amide bonds. The second kappa shape index (κ2) is 13.6. The summed E-state index contributed by atoms with van der Waals surface area (Å²) in [5, 5.41) is 3.42. The van der Waals surface area contributed by atoms with Crippen LogP contribution in [0.4, 0.5) is 0 Å². The van der Waals surface area contributed by atoms with Crippen molar-refractivity contribution < 1.29 is 14.3 Å². The van der Waals surface area contributed by atoms with Crippen LogP contribution < -0.4 is 5.32 Å². The Balaban J connectivity index is 0.00000300. The van der Waals surface area contributed by atoms with Gasteiger partial charge in [0, 0.05) is 52.3 Å². The third kappa shape index (κ3) is 8.20. The lowest BCUT2D eigenvalue weighted by atomic mass is 10.1. The summed E-state index contributed by atoms with van der Waals surface area (Å²) in [5.41, 5.74) is 0. The van der Waals surface area contributed by atoms with Crippen LogP contribution in [0, 0.1) is 0 Å². The van der Waals surface area contributed by atoms with Crippen LogP contribution in [0.3, 0.4) is 0 Å². The summed E-state index contributed by atoms with van der Waals surface area (Å²) in [6.07, 6.45) is 8.97. The molecule has 0 saturated carbocycles. The Bertz CT molecular complexity index is 506. The van der Waals surface area contributed by atoms with Crippen molar-refractivity contribution in [2.45, 2.75) is 70.5 Å². The Morgan fingerprint density at radius 3 is 2.69 bits per heavy atom. The summed E-state index contributed by atoms with van der Waals surface area (Å²) in [7, 11) is 0. The summed E-state index contributed by atoms with van der Waals surface area (Å²) >= 11 is 0. The summed E-state index contributed by atoms with van der Waals surface area (Å²) in [5.74, 6) is 1.31. The maximum Gasteiger partial charge on any atom is 0.222 e. The third-order valence-corrected chi connectivity index (χ3v) is 5.89. The molecule has 8 heteroatoms. The Hall–Kier alpha value is -0.610. The number of likely N-dealkylation sites (tertiary alicyclic amines) is 2. The van der Waals surface area contributed by atoms with Crippen LogP contribution in [0.2, 0.25) is 0 Å². The number of piperidine rings is 1. The molecule has 1 atom stereocenters. The number of nitrogens with one attached hydrogen (secondary N) is 1. The normalized spacial score (nSPS) is 24.0. The predicted molar refractivity (Wildman–Crippen MR) is 126 cm³/mol. The number of ether oxygens (including phenoxy) is 2. The van der Waals surface area contributed by atoms with Crippen molar-refractivity contribution in [2.24, 2.45) is 4.99 Å². The van der Waals surface area contributed by atoms with Crippen LogP contribution in [-0.2, 0) is 14.3 Å². The highest BCUT2D eigenvalue weighted by Crippen LogP contribution is 2.18. The average Bonchev–Trinajstić information content (AvgIpc) is 3.15. The van der Waals surface area contributed by atoms with Gasteiger partial charge < -0.3 is 24.6 Å². The van der Waals surface area contributed by atoms with Crippen molar-refractivity contribution in [3.05, 3.63) is 0 Å². The maximum atomic E-state index is 11.7. The van der Waals surface area contributed by atoms with Crippen molar-refractivity contribution in [1.82, 2.24) is 15.1 Å². The fourth-order valence-corrected chi connectivity index (χ4v) is 4.23. The molecule has 0 aromatic carbocycles. The number of hydrogen-bond acceptors (Lipinski definition) is 4. The number of nitrogens with zero attached hydrogens (tertiary/aromatic N) is 3. The van der Waals surface area contributed by atoms with Gasteiger partial charge >= 0.3 is 0 Å².